The molecular weight excluding hydrogens is 264 g/mol. The molecule has 0 radical (unpaired) electrons. The SMILES string of the molecule is CN1C2CCC1CN(Cc1ccc(C(=O)NN)cc1)CC2. The van der Waals surface area contributed by atoms with Gasteiger partial charge in [-0.3, -0.25) is 20.0 Å². The molecule has 1 aromatic carbocycles. The third kappa shape index (κ3) is 3.10. The van der Waals surface area contributed by atoms with Crippen LogP contribution in [0.3, 0.4) is 0 Å². The molecule has 5 nitrogen and oxygen atoms in total. The fraction of sp³-hybridized carbons (Fsp3) is 0.562. The molecule has 2 aliphatic rings. The average Bonchev–Trinajstić information content (AvgIpc) is 2.75. The molecule has 2 fully saturated rings. The van der Waals surface area contributed by atoms with Gasteiger partial charge in [0.25, 0.3) is 5.91 Å². The maximum absolute atomic E-state index is 11.4. The van der Waals surface area contributed by atoms with Crippen molar-refractivity contribution in [2.24, 2.45) is 5.84 Å². The van der Waals surface area contributed by atoms with Gasteiger partial charge >= 0.3 is 0 Å². The van der Waals surface area contributed by atoms with Gasteiger partial charge in [0.2, 0.25) is 0 Å². The van der Waals surface area contributed by atoms with Crippen molar-refractivity contribution < 1.29 is 4.79 Å². The summed E-state index contributed by atoms with van der Waals surface area (Å²) in [4.78, 5) is 16.5. The second-order valence-corrected chi connectivity index (χ2v) is 6.24. The molecule has 0 aliphatic carbocycles. The van der Waals surface area contributed by atoms with Crippen LogP contribution in [0.5, 0.6) is 0 Å². The number of hydrazine groups is 1. The molecule has 2 bridgehead atoms. The van der Waals surface area contributed by atoms with Crippen molar-refractivity contribution in [1.29, 1.82) is 0 Å². The van der Waals surface area contributed by atoms with Crippen molar-refractivity contribution >= 4 is 5.91 Å². The molecule has 2 heterocycles. The Balaban J connectivity index is 1.63. The molecular formula is C16H24N4O. The predicted octanol–water partition coefficient (Wildman–Crippen LogP) is 0.959. The van der Waals surface area contributed by atoms with Crippen molar-refractivity contribution in [1.82, 2.24) is 15.2 Å². The topological polar surface area (TPSA) is 61.6 Å². The van der Waals surface area contributed by atoms with E-state index in [1.54, 1.807) is 0 Å². The van der Waals surface area contributed by atoms with Crippen LogP contribution in [0.4, 0.5) is 0 Å². The van der Waals surface area contributed by atoms with Crippen molar-refractivity contribution in [2.45, 2.75) is 37.9 Å². The average molecular weight is 288 g/mol. The standard InChI is InChI=1S/C16H24N4O/c1-19-14-6-7-15(19)11-20(9-8-14)10-12-2-4-13(5-3-12)16(21)18-17/h2-5,14-15H,6-11,17H2,1H3,(H,18,21). The lowest BCUT2D eigenvalue weighted by Crippen LogP contribution is -2.36. The Labute approximate surface area is 126 Å². The minimum atomic E-state index is -0.241. The summed E-state index contributed by atoms with van der Waals surface area (Å²) in [5, 5.41) is 0. The largest absolute Gasteiger partial charge is 0.299 e. The first-order chi connectivity index (χ1) is 10.2. The van der Waals surface area contributed by atoms with E-state index in [1.165, 1.54) is 24.8 Å². The van der Waals surface area contributed by atoms with E-state index in [0.29, 0.717) is 11.6 Å². The first kappa shape index (κ1) is 14.5. The minimum Gasteiger partial charge on any atom is -0.299 e. The number of hydrogen-bond donors (Lipinski definition) is 2. The number of likely N-dealkylation sites (N-methyl/N-ethyl adjacent to an activating group) is 1. The molecule has 21 heavy (non-hydrogen) atoms. The van der Waals surface area contributed by atoms with Gasteiger partial charge in [0.15, 0.2) is 0 Å². The van der Waals surface area contributed by atoms with E-state index in [4.69, 9.17) is 5.84 Å². The third-order valence-corrected chi connectivity index (χ3v) is 4.99. The predicted molar refractivity (Wildman–Crippen MR) is 82.6 cm³/mol. The molecule has 3 N–H and O–H groups in total. The first-order valence-electron chi connectivity index (χ1n) is 7.71. The summed E-state index contributed by atoms with van der Waals surface area (Å²) in [6.07, 6.45) is 3.95. The van der Waals surface area contributed by atoms with E-state index in [1.807, 2.05) is 24.3 Å². The van der Waals surface area contributed by atoms with Gasteiger partial charge in [-0.05, 0) is 44.0 Å². The molecule has 2 aliphatic heterocycles. The number of likely N-dealkylation sites (tertiary alicyclic amines) is 1. The number of nitrogens with zero attached hydrogens (tertiary/aromatic N) is 2. The third-order valence-electron chi connectivity index (χ3n) is 4.99. The highest BCUT2D eigenvalue weighted by molar-refractivity contribution is 5.93. The quantitative estimate of drug-likeness (QED) is 0.494. The van der Waals surface area contributed by atoms with Crippen LogP contribution in [0.2, 0.25) is 0 Å². The number of carbonyl (C=O) groups is 1. The van der Waals surface area contributed by atoms with Crippen molar-refractivity contribution in [3.05, 3.63) is 35.4 Å². The Hall–Kier alpha value is -1.43. The molecule has 114 valence electrons. The highest BCUT2D eigenvalue weighted by Crippen LogP contribution is 2.28. The number of nitrogens with two attached hydrogens (primary N) is 1. The molecule has 3 rings (SSSR count). The molecule has 0 saturated carbocycles. The maximum Gasteiger partial charge on any atom is 0.265 e. The van der Waals surface area contributed by atoms with E-state index in [0.717, 1.165) is 25.7 Å². The van der Waals surface area contributed by atoms with Gasteiger partial charge in [0, 0.05) is 37.3 Å². The number of fused-ring (bicyclic) bond motifs is 2. The van der Waals surface area contributed by atoms with Gasteiger partial charge < -0.3 is 0 Å². The normalized spacial score (nSPS) is 26.6. The zero-order valence-corrected chi connectivity index (χ0v) is 12.6. The van der Waals surface area contributed by atoms with Crippen LogP contribution in [-0.2, 0) is 6.54 Å². The fourth-order valence-electron chi connectivity index (χ4n) is 3.63. The number of benzene rings is 1. The highest BCUT2D eigenvalue weighted by atomic mass is 16.2. The van der Waals surface area contributed by atoms with Crippen LogP contribution in [0.25, 0.3) is 0 Å². The van der Waals surface area contributed by atoms with Gasteiger partial charge in [-0.1, -0.05) is 12.1 Å². The van der Waals surface area contributed by atoms with Gasteiger partial charge in [-0.25, -0.2) is 5.84 Å². The number of carbonyl (C=O) groups excluding carboxylic acids is 1. The van der Waals surface area contributed by atoms with E-state index >= 15 is 0 Å². The molecule has 2 unspecified atom stereocenters. The maximum atomic E-state index is 11.4. The van der Waals surface area contributed by atoms with Crippen LogP contribution in [0.1, 0.15) is 35.2 Å². The summed E-state index contributed by atoms with van der Waals surface area (Å²) in [7, 11) is 2.27. The fourth-order valence-corrected chi connectivity index (χ4v) is 3.63. The summed E-state index contributed by atoms with van der Waals surface area (Å²) >= 11 is 0. The molecule has 0 spiro atoms. The number of nitrogens with one attached hydrogen (secondary N) is 1. The van der Waals surface area contributed by atoms with Crippen LogP contribution in [0.15, 0.2) is 24.3 Å². The lowest BCUT2D eigenvalue weighted by Gasteiger charge is -2.25. The lowest BCUT2D eigenvalue weighted by atomic mass is 10.1. The monoisotopic (exact) mass is 288 g/mol. The van der Waals surface area contributed by atoms with Crippen LogP contribution >= 0.6 is 0 Å². The Kier molecular flexibility index (Phi) is 4.24. The second-order valence-electron chi connectivity index (χ2n) is 6.24. The minimum absolute atomic E-state index is 0.241. The Morgan fingerprint density at radius 1 is 1.24 bits per heavy atom. The van der Waals surface area contributed by atoms with Crippen molar-refractivity contribution in [3.63, 3.8) is 0 Å². The zero-order valence-electron chi connectivity index (χ0n) is 12.6. The summed E-state index contributed by atoms with van der Waals surface area (Å²) in [5.41, 5.74) is 4.02. The van der Waals surface area contributed by atoms with Crippen molar-refractivity contribution in [3.8, 4) is 0 Å². The van der Waals surface area contributed by atoms with Crippen molar-refractivity contribution in [2.75, 3.05) is 20.1 Å². The summed E-state index contributed by atoms with van der Waals surface area (Å²) in [5.74, 6) is 4.90. The molecule has 1 amide bonds. The van der Waals surface area contributed by atoms with Crippen LogP contribution in [-0.4, -0.2) is 47.9 Å². The molecule has 2 atom stereocenters. The smallest absolute Gasteiger partial charge is 0.265 e. The molecule has 5 heteroatoms. The number of nitrogen functional groups attached to an aromatic ring is 1. The van der Waals surface area contributed by atoms with E-state index in [2.05, 4.69) is 22.3 Å². The van der Waals surface area contributed by atoms with E-state index in [9.17, 15) is 4.79 Å². The number of amides is 1. The number of rotatable bonds is 3. The molecule has 1 aromatic rings. The Morgan fingerprint density at radius 2 is 1.95 bits per heavy atom. The Morgan fingerprint density at radius 3 is 2.67 bits per heavy atom. The van der Waals surface area contributed by atoms with Crippen LogP contribution < -0.4 is 11.3 Å². The lowest BCUT2D eigenvalue weighted by molar-refractivity contribution is 0.0953. The summed E-state index contributed by atoms with van der Waals surface area (Å²) in [6.45, 7) is 3.27. The van der Waals surface area contributed by atoms with E-state index < -0.39 is 0 Å². The first-order valence-corrected chi connectivity index (χ1v) is 7.71. The Bertz CT molecular complexity index is 502. The van der Waals surface area contributed by atoms with Crippen LogP contribution in [0, 0.1) is 0 Å². The van der Waals surface area contributed by atoms with Gasteiger partial charge in [-0.2, -0.15) is 0 Å². The highest BCUT2D eigenvalue weighted by Gasteiger charge is 2.34. The number of hydrogen-bond acceptors (Lipinski definition) is 4. The summed E-state index contributed by atoms with van der Waals surface area (Å²) < 4.78 is 0. The van der Waals surface area contributed by atoms with E-state index in [-0.39, 0.29) is 5.91 Å². The van der Waals surface area contributed by atoms with Gasteiger partial charge in [0.05, 0.1) is 0 Å². The van der Waals surface area contributed by atoms with Gasteiger partial charge in [-0.15, -0.1) is 0 Å². The summed E-state index contributed by atoms with van der Waals surface area (Å²) in [6, 6.07) is 9.21. The second kappa shape index (κ2) is 6.13. The molecule has 2 saturated heterocycles. The molecule has 0 aromatic heterocycles. The zero-order chi connectivity index (χ0) is 14.8. The van der Waals surface area contributed by atoms with Gasteiger partial charge in [0.1, 0.15) is 0 Å².